The molecule has 2 N–H and O–H groups in total. The van der Waals surface area contributed by atoms with E-state index < -0.39 is 0 Å². The number of hydrogen-bond donors (Lipinski definition) is 2. The highest BCUT2D eigenvalue weighted by Crippen LogP contribution is 2.25. The van der Waals surface area contributed by atoms with Gasteiger partial charge < -0.3 is 15.3 Å². The van der Waals surface area contributed by atoms with E-state index in [1.807, 2.05) is 61.5 Å². The van der Waals surface area contributed by atoms with Crippen molar-refractivity contribution in [3.63, 3.8) is 0 Å². The third-order valence-electron chi connectivity index (χ3n) is 4.74. The number of methoxy groups -OCH3 is 1. The van der Waals surface area contributed by atoms with Crippen LogP contribution in [0.1, 0.15) is 11.1 Å². The molecule has 0 aliphatic carbocycles. The van der Waals surface area contributed by atoms with Gasteiger partial charge >= 0.3 is 0 Å². The van der Waals surface area contributed by atoms with Gasteiger partial charge in [-0.3, -0.25) is 4.79 Å². The molecule has 3 aromatic carbocycles. The second-order valence-corrected chi connectivity index (χ2v) is 6.91. The lowest BCUT2D eigenvalue weighted by Gasteiger charge is -2.05. The number of hydrogen-bond acceptors (Lipinski definition) is 4. The molecular formula is C24H21N3O3. The summed E-state index contributed by atoms with van der Waals surface area (Å²) in [6.45, 7) is 1.96. The number of aromatic nitrogens is 2. The third-order valence-corrected chi connectivity index (χ3v) is 4.74. The number of aryl methyl sites for hydroxylation is 1. The van der Waals surface area contributed by atoms with Gasteiger partial charge in [0.1, 0.15) is 11.3 Å². The van der Waals surface area contributed by atoms with Crippen LogP contribution >= 0.6 is 0 Å². The van der Waals surface area contributed by atoms with Gasteiger partial charge in [-0.25, -0.2) is 4.98 Å². The van der Waals surface area contributed by atoms with Crippen LogP contribution in [0.4, 0.5) is 5.69 Å². The zero-order chi connectivity index (χ0) is 21.1. The number of benzene rings is 3. The van der Waals surface area contributed by atoms with Crippen LogP contribution in [0.3, 0.4) is 0 Å². The molecule has 30 heavy (non-hydrogen) atoms. The van der Waals surface area contributed by atoms with E-state index in [1.165, 1.54) is 6.08 Å². The molecule has 0 aliphatic rings. The number of rotatable bonds is 5. The fraction of sp³-hybridized carbons (Fsp3) is 0.0833. The monoisotopic (exact) mass is 399 g/mol. The van der Waals surface area contributed by atoms with Gasteiger partial charge in [-0.05, 0) is 72.7 Å². The van der Waals surface area contributed by atoms with Crippen molar-refractivity contribution in [1.29, 1.82) is 0 Å². The molecule has 1 heterocycles. The van der Waals surface area contributed by atoms with Crippen molar-refractivity contribution in [2.75, 3.05) is 12.4 Å². The van der Waals surface area contributed by atoms with E-state index in [0.717, 1.165) is 32.7 Å². The van der Waals surface area contributed by atoms with Crippen molar-refractivity contribution >= 4 is 28.7 Å². The molecule has 6 nitrogen and oxygen atoms in total. The normalized spacial score (nSPS) is 11.1. The largest absolute Gasteiger partial charge is 0.497 e. The number of nitrogens with one attached hydrogen (secondary N) is 1. The molecule has 0 saturated heterocycles. The fourth-order valence-corrected chi connectivity index (χ4v) is 3.13. The standard InChI is InChI=1S/C24H21N3O3/c1-16-3-13-21-22(15-16)27(29)24(26-21)18-7-9-19(10-8-18)25-23(28)14-6-17-4-11-20(30-2)12-5-17/h3-15,29H,1-2H3,(H,25,28)/b14-6+. The molecule has 0 aliphatic heterocycles. The van der Waals surface area contributed by atoms with Crippen LogP contribution in [0.25, 0.3) is 28.5 Å². The van der Waals surface area contributed by atoms with Crippen molar-refractivity contribution in [2.45, 2.75) is 6.92 Å². The average Bonchev–Trinajstić information content (AvgIpc) is 3.09. The molecule has 0 spiro atoms. The lowest BCUT2D eigenvalue weighted by atomic mass is 10.2. The molecule has 4 rings (SSSR count). The van der Waals surface area contributed by atoms with Crippen molar-refractivity contribution in [3.05, 3.63) is 83.9 Å². The average molecular weight is 399 g/mol. The summed E-state index contributed by atoms with van der Waals surface area (Å²) in [5, 5.41) is 13.3. The summed E-state index contributed by atoms with van der Waals surface area (Å²) in [6.07, 6.45) is 3.21. The molecule has 0 saturated carbocycles. The number of imidazole rings is 1. The summed E-state index contributed by atoms with van der Waals surface area (Å²) in [4.78, 5) is 16.7. The lowest BCUT2D eigenvalue weighted by Crippen LogP contribution is -2.07. The highest BCUT2D eigenvalue weighted by Gasteiger charge is 2.12. The molecule has 0 radical (unpaired) electrons. The number of fused-ring (bicyclic) bond motifs is 1. The predicted molar refractivity (Wildman–Crippen MR) is 118 cm³/mol. The number of amides is 1. The first-order valence-corrected chi connectivity index (χ1v) is 9.45. The van der Waals surface area contributed by atoms with E-state index in [4.69, 9.17) is 4.74 Å². The van der Waals surface area contributed by atoms with E-state index in [-0.39, 0.29) is 5.91 Å². The van der Waals surface area contributed by atoms with Gasteiger partial charge in [-0.15, -0.1) is 0 Å². The van der Waals surface area contributed by atoms with Crippen LogP contribution in [-0.2, 0) is 4.79 Å². The van der Waals surface area contributed by atoms with Crippen molar-refractivity contribution < 1.29 is 14.7 Å². The number of nitrogens with zero attached hydrogens (tertiary/aromatic N) is 2. The SMILES string of the molecule is COc1ccc(/C=C/C(=O)Nc2ccc(-c3nc4ccc(C)cc4n3O)cc2)cc1. The highest BCUT2D eigenvalue weighted by atomic mass is 16.5. The van der Waals surface area contributed by atoms with E-state index in [0.29, 0.717) is 17.0 Å². The minimum absolute atomic E-state index is 0.233. The lowest BCUT2D eigenvalue weighted by molar-refractivity contribution is -0.111. The summed E-state index contributed by atoms with van der Waals surface area (Å²) in [5.74, 6) is 0.986. The Hall–Kier alpha value is -4.06. The third kappa shape index (κ3) is 4.03. The first-order valence-electron chi connectivity index (χ1n) is 9.45. The maximum Gasteiger partial charge on any atom is 0.248 e. The maximum atomic E-state index is 12.2. The van der Waals surface area contributed by atoms with E-state index in [2.05, 4.69) is 10.3 Å². The first-order chi connectivity index (χ1) is 14.5. The van der Waals surface area contributed by atoms with Crippen molar-refractivity contribution in [2.24, 2.45) is 0 Å². The molecule has 1 aromatic heterocycles. The van der Waals surface area contributed by atoms with Gasteiger partial charge in [0, 0.05) is 17.3 Å². The second kappa shape index (κ2) is 8.13. The molecule has 1 amide bonds. The molecule has 150 valence electrons. The van der Waals surface area contributed by atoms with E-state index in [1.54, 1.807) is 25.3 Å². The summed E-state index contributed by atoms with van der Waals surface area (Å²) in [7, 11) is 1.61. The molecule has 0 bridgehead atoms. The van der Waals surface area contributed by atoms with Gasteiger partial charge in [0.2, 0.25) is 5.91 Å². The first kappa shape index (κ1) is 19.3. The Labute approximate surface area is 174 Å². The molecular weight excluding hydrogens is 378 g/mol. The van der Waals surface area contributed by atoms with Crippen LogP contribution < -0.4 is 10.1 Å². The van der Waals surface area contributed by atoms with Gasteiger partial charge in [0.15, 0.2) is 5.82 Å². The van der Waals surface area contributed by atoms with Crippen LogP contribution in [0.15, 0.2) is 72.8 Å². The Morgan fingerprint density at radius 3 is 2.50 bits per heavy atom. The van der Waals surface area contributed by atoms with E-state index in [9.17, 15) is 10.0 Å². The number of ether oxygens (including phenoxy) is 1. The van der Waals surface area contributed by atoms with Gasteiger partial charge in [-0.2, -0.15) is 4.73 Å². The summed E-state index contributed by atoms with van der Waals surface area (Å²) < 4.78 is 6.21. The zero-order valence-corrected chi connectivity index (χ0v) is 16.7. The minimum Gasteiger partial charge on any atom is -0.497 e. The second-order valence-electron chi connectivity index (χ2n) is 6.91. The molecule has 6 heteroatoms. The Kier molecular flexibility index (Phi) is 5.22. The number of carbonyl (C=O) groups is 1. The van der Waals surface area contributed by atoms with Crippen LogP contribution in [0, 0.1) is 6.92 Å². The van der Waals surface area contributed by atoms with Gasteiger partial charge in [-0.1, -0.05) is 18.2 Å². The van der Waals surface area contributed by atoms with Crippen molar-refractivity contribution in [3.8, 4) is 17.1 Å². The maximum absolute atomic E-state index is 12.2. The van der Waals surface area contributed by atoms with Gasteiger partial charge in [0.25, 0.3) is 0 Å². The predicted octanol–water partition coefficient (Wildman–Crippen LogP) is 4.91. The Balaban J connectivity index is 1.46. The minimum atomic E-state index is -0.233. The highest BCUT2D eigenvalue weighted by molar-refractivity contribution is 6.02. The fourth-order valence-electron chi connectivity index (χ4n) is 3.13. The van der Waals surface area contributed by atoms with E-state index >= 15 is 0 Å². The summed E-state index contributed by atoms with van der Waals surface area (Å²) in [5.41, 5.74) is 4.73. The smallest absolute Gasteiger partial charge is 0.248 e. The van der Waals surface area contributed by atoms with Crippen LogP contribution in [-0.4, -0.2) is 27.9 Å². The van der Waals surface area contributed by atoms with Crippen LogP contribution in [0.5, 0.6) is 5.75 Å². The zero-order valence-electron chi connectivity index (χ0n) is 16.7. The summed E-state index contributed by atoms with van der Waals surface area (Å²) in [6, 6.07) is 20.3. The Morgan fingerprint density at radius 2 is 1.80 bits per heavy atom. The molecule has 4 aromatic rings. The van der Waals surface area contributed by atoms with Crippen LogP contribution in [0.2, 0.25) is 0 Å². The van der Waals surface area contributed by atoms with Crippen molar-refractivity contribution in [1.82, 2.24) is 9.71 Å². The number of carbonyl (C=O) groups excluding carboxylic acids is 1. The number of anilines is 1. The molecule has 0 unspecified atom stereocenters. The quantitative estimate of drug-likeness (QED) is 0.369. The molecule has 0 atom stereocenters. The topological polar surface area (TPSA) is 76.4 Å². The summed E-state index contributed by atoms with van der Waals surface area (Å²) >= 11 is 0. The van der Waals surface area contributed by atoms with Gasteiger partial charge in [0.05, 0.1) is 12.6 Å². The molecule has 0 fully saturated rings. The Morgan fingerprint density at radius 1 is 1.07 bits per heavy atom. The Bertz CT molecular complexity index is 1220.